The summed E-state index contributed by atoms with van der Waals surface area (Å²) in [6.45, 7) is -0.270. The second-order valence-corrected chi connectivity index (χ2v) is 2.89. The Morgan fingerprint density at radius 3 is 2.50 bits per heavy atom. The maximum atomic E-state index is 12.7. The van der Waals surface area contributed by atoms with Gasteiger partial charge in [-0.25, -0.2) is 13.6 Å². The third kappa shape index (κ3) is 3.52. The molecule has 0 spiro atoms. The number of hydrogen-bond donors (Lipinski definition) is 3. The summed E-state index contributed by atoms with van der Waals surface area (Å²) >= 11 is 0. The topological polar surface area (TPSA) is 84.2 Å². The molecule has 0 aliphatic carbocycles. The van der Waals surface area contributed by atoms with Crippen LogP contribution >= 0.6 is 0 Å². The summed E-state index contributed by atoms with van der Waals surface area (Å²) in [7, 11) is 0. The second kappa shape index (κ2) is 5.06. The highest BCUT2D eigenvalue weighted by Gasteiger charge is 2.05. The summed E-state index contributed by atoms with van der Waals surface area (Å²) < 4.78 is 25.3. The fourth-order valence-corrected chi connectivity index (χ4v) is 0.970. The molecule has 0 saturated carbocycles. The van der Waals surface area contributed by atoms with Crippen molar-refractivity contribution in [2.45, 2.75) is 0 Å². The first-order valence-corrected chi connectivity index (χ1v) is 4.27. The van der Waals surface area contributed by atoms with Crippen molar-refractivity contribution in [1.82, 2.24) is 5.32 Å². The van der Waals surface area contributed by atoms with Crippen LogP contribution in [0.25, 0.3) is 0 Å². The zero-order chi connectivity index (χ0) is 12.1. The molecule has 7 heteroatoms. The number of carbonyl (C=O) groups is 2. The van der Waals surface area contributed by atoms with Gasteiger partial charge in [0, 0.05) is 11.8 Å². The summed E-state index contributed by atoms with van der Waals surface area (Å²) in [5.74, 6) is -2.68. The SMILES string of the molecule is NC(=O)NC(=O)CNc1ccc(F)c(F)c1. The molecule has 1 rings (SSSR count). The van der Waals surface area contributed by atoms with E-state index >= 15 is 0 Å². The lowest BCUT2D eigenvalue weighted by Crippen LogP contribution is -2.38. The largest absolute Gasteiger partial charge is 0.376 e. The quantitative estimate of drug-likeness (QED) is 0.708. The van der Waals surface area contributed by atoms with Crippen molar-refractivity contribution in [2.75, 3.05) is 11.9 Å². The minimum Gasteiger partial charge on any atom is -0.376 e. The van der Waals surface area contributed by atoms with Crippen LogP contribution in [0.1, 0.15) is 0 Å². The molecular weight excluding hydrogens is 220 g/mol. The number of halogens is 2. The average Bonchev–Trinajstić information content (AvgIpc) is 2.19. The van der Waals surface area contributed by atoms with E-state index in [2.05, 4.69) is 5.32 Å². The highest BCUT2D eigenvalue weighted by atomic mass is 19.2. The monoisotopic (exact) mass is 229 g/mol. The predicted molar refractivity (Wildman–Crippen MR) is 52.6 cm³/mol. The summed E-state index contributed by atoms with van der Waals surface area (Å²) in [5.41, 5.74) is 4.92. The maximum Gasteiger partial charge on any atom is 0.318 e. The molecule has 0 radical (unpaired) electrons. The van der Waals surface area contributed by atoms with E-state index in [1.54, 1.807) is 0 Å². The van der Waals surface area contributed by atoms with Gasteiger partial charge in [-0.3, -0.25) is 10.1 Å². The smallest absolute Gasteiger partial charge is 0.318 e. The van der Waals surface area contributed by atoms with Gasteiger partial charge in [0.25, 0.3) is 0 Å². The van der Waals surface area contributed by atoms with Gasteiger partial charge in [-0.2, -0.15) is 0 Å². The van der Waals surface area contributed by atoms with E-state index in [9.17, 15) is 18.4 Å². The van der Waals surface area contributed by atoms with Crippen LogP contribution in [0.4, 0.5) is 19.3 Å². The molecule has 16 heavy (non-hydrogen) atoms. The van der Waals surface area contributed by atoms with Gasteiger partial charge in [0.05, 0.1) is 6.54 Å². The Labute approximate surface area is 89.6 Å². The van der Waals surface area contributed by atoms with Crippen LogP contribution in [0.2, 0.25) is 0 Å². The molecular formula is C9H9F2N3O2. The van der Waals surface area contributed by atoms with Gasteiger partial charge in [0.1, 0.15) is 0 Å². The molecule has 0 heterocycles. The van der Waals surface area contributed by atoms with Gasteiger partial charge < -0.3 is 11.1 Å². The van der Waals surface area contributed by atoms with Gasteiger partial charge in [-0.15, -0.1) is 0 Å². The molecule has 0 atom stereocenters. The zero-order valence-electron chi connectivity index (χ0n) is 8.09. The van der Waals surface area contributed by atoms with E-state index in [1.807, 2.05) is 5.32 Å². The molecule has 0 aliphatic rings. The normalized spacial score (nSPS) is 9.62. The van der Waals surface area contributed by atoms with Crippen LogP contribution in [0.5, 0.6) is 0 Å². The van der Waals surface area contributed by atoms with Crippen molar-refractivity contribution in [2.24, 2.45) is 5.73 Å². The Balaban J connectivity index is 2.51. The van der Waals surface area contributed by atoms with E-state index in [0.717, 1.165) is 12.1 Å². The van der Waals surface area contributed by atoms with Crippen LogP contribution in [0.3, 0.4) is 0 Å². The van der Waals surface area contributed by atoms with Crippen LogP contribution in [0, 0.1) is 11.6 Å². The molecule has 1 aromatic rings. The lowest BCUT2D eigenvalue weighted by molar-refractivity contribution is -0.118. The fraction of sp³-hybridized carbons (Fsp3) is 0.111. The highest BCUT2D eigenvalue weighted by molar-refractivity contribution is 5.95. The van der Waals surface area contributed by atoms with Gasteiger partial charge >= 0.3 is 6.03 Å². The first-order valence-electron chi connectivity index (χ1n) is 4.27. The van der Waals surface area contributed by atoms with E-state index in [0.29, 0.717) is 0 Å². The first-order chi connectivity index (χ1) is 7.49. The van der Waals surface area contributed by atoms with Gasteiger partial charge in [-0.05, 0) is 12.1 Å². The molecule has 4 N–H and O–H groups in total. The highest BCUT2D eigenvalue weighted by Crippen LogP contribution is 2.12. The van der Waals surface area contributed by atoms with E-state index in [1.165, 1.54) is 6.07 Å². The molecule has 0 aromatic heterocycles. The molecule has 0 saturated heterocycles. The molecule has 0 aliphatic heterocycles. The molecule has 1 aromatic carbocycles. The number of hydrogen-bond acceptors (Lipinski definition) is 3. The Hall–Kier alpha value is -2.18. The number of imide groups is 1. The number of primary amides is 1. The Kier molecular flexibility index (Phi) is 3.76. The van der Waals surface area contributed by atoms with Gasteiger partial charge in [-0.1, -0.05) is 0 Å². The summed E-state index contributed by atoms with van der Waals surface area (Å²) in [4.78, 5) is 21.2. The van der Waals surface area contributed by atoms with E-state index in [4.69, 9.17) is 5.73 Å². The number of amides is 3. The van der Waals surface area contributed by atoms with Crippen molar-refractivity contribution < 1.29 is 18.4 Å². The van der Waals surface area contributed by atoms with Crippen molar-refractivity contribution in [3.63, 3.8) is 0 Å². The van der Waals surface area contributed by atoms with Crippen LogP contribution < -0.4 is 16.4 Å². The molecule has 86 valence electrons. The third-order valence-corrected chi connectivity index (χ3v) is 1.64. The number of carbonyl (C=O) groups excluding carboxylic acids is 2. The first kappa shape index (κ1) is 11.9. The van der Waals surface area contributed by atoms with Crippen molar-refractivity contribution >= 4 is 17.6 Å². The Bertz CT molecular complexity index is 423. The zero-order valence-corrected chi connectivity index (χ0v) is 8.09. The van der Waals surface area contributed by atoms with Gasteiger partial charge in [0.15, 0.2) is 11.6 Å². The minimum atomic E-state index is -1.03. The molecule has 0 unspecified atom stereocenters. The lowest BCUT2D eigenvalue weighted by atomic mass is 10.3. The van der Waals surface area contributed by atoms with Gasteiger partial charge in [0.2, 0.25) is 5.91 Å². The summed E-state index contributed by atoms with van der Waals surface area (Å²) in [5, 5.41) is 4.30. The third-order valence-electron chi connectivity index (χ3n) is 1.64. The molecule has 0 fully saturated rings. The average molecular weight is 229 g/mol. The lowest BCUT2D eigenvalue weighted by Gasteiger charge is -2.05. The fourth-order valence-electron chi connectivity index (χ4n) is 0.970. The maximum absolute atomic E-state index is 12.7. The van der Waals surface area contributed by atoms with Crippen LogP contribution in [-0.2, 0) is 4.79 Å². The molecule has 0 bridgehead atoms. The summed E-state index contributed by atoms with van der Waals surface area (Å²) in [6, 6.07) is 2.10. The Morgan fingerprint density at radius 2 is 1.94 bits per heavy atom. The predicted octanol–water partition coefficient (Wildman–Crippen LogP) is 0.572. The number of nitrogens with two attached hydrogens (primary N) is 1. The summed E-state index contributed by atoms with van der Waals surface area (Å²) in [6.07, 6.45) is 0. The van der Waals surface area contributed by atoms with Crippen molar-refractivity contribution in [1.29, 1.82) is 0 Å². The number of anilines is 1. The second-order valence-electron chi connectivity index (χ2n) is 2.89. The van der Waals surface area contributed by atoms with E-state index < -0.39 is 23.6 Å². The minimum absolute atomic E-state index is 0.221. The van der Waals surface area contributed by atoms with Crippen LogP contribution in [0.15, 0.2) is 18.2 Å². The standard InChI is InChI=1S/C9H9F2N3O2/c10-6-2-1-5(3-7(6)11)13-4-8(15)14-9(12)16/h1-3,13H,4H2,(H3,12,14,15,16). The van der Waals surface area contributed by atoms with Crippen molar-refractivity contribution in [3.8, 4) is 0 Å². The molecule has 5 nitrogen and oxygen atoms in total. The molecule has 3 amide bonds. The van der Waals surface area contributed by atoms with Crippen molar-refractivity contribution in [3.05, 3.63) is 29.8 Å². The number of rotatable bonds is 3. The van der Waals surface area contributed by atoms with E-state index in [-0.39, 0.29) is 12.2 Å². The Morgan fingerprint density at radius 1 is 1.25 bits per heavy atom. The number of benzene rings is 1. The number of urea groups is 1. The van der Waals surface area contributed by atoms with Crippen LogP contribution in [-0.4, -0.2) is 18.5 Å². The number of nitrogens with one attached hydrogen (secondary N) is 2.